The normalized spacial score (nSPS) is 18.8. The number of hydrogen-bond donors (Lipinski definition) is 3. The van der Waals surface area contributed by atoms with Crippen molar-refractivity contribution in [3.05, 3.63) is 29.3 Å². The summed E-state index contributed by atoms with van der Waals surface area (Å²) in [6.45, 7) is 9.95. The largest absolute Gasteiger partial charge is 0.508 e. The van der Waals surface area contributed by atoms with Crippen molar-refractivity contribution in [3.63, 3.8) is 0 Å². The number of carbonyl (C=O) groups excluding carboxylic acids is 4. The summed E-state index contributed by atoms with van der Waals surface area (Å²) in [5.41, 5.74) is 0.256. The molecule has 3 N–H and O–H groups in total. The van der Waals surface area contributed by atoms with Crippen LogP contribution < -0.4 is 10.6 Å². The highest BCUT2D eigenvalue weighted by Gasteiger charge is 2.47. The monoisotopic (exact) mass is 477 g/mol. The summed E-state index contributed by atoms with van der Waals surface area (Å²) in [7, 11) is 1.21. The number of carbonyl (C=O) groups is 4. The van der Waals surface area contributed by atoms with Crippen molar-refractivity contribution in [2.45, 2.75) is 71.7 Å². The van der Waals surface area contributed by atoms with Gasteiger partial charge >= 0.3 is 12.1 Å². The molecule has 2 rings (SSSR count). The highest BCUT2D eigenvalue weighted by atomic mass is 16.6. The standard InChI is InChI=1S/C24H35N3O7/c1-13-11-17(13)27(22(31)15(3)26-23(32)34-24(4,5)6)20(21(30)25-12-19(29)33-7)16-8-9-18(28)14(2)10-16/h8-10,13,15,17,20,28H,11-12H2,1-7H3,(H,25,30)(H,26,32). The topological polar surface area (TPSA) is 134 Å². The van der Waals surface area contributed by atoms with Crippen LogP contribution in [0.4, 0.5) is 4.79 Å². The third-order valence-corrected chi connectivity index (χ3v) is 5.48. The van der Waals surface area contributed by atoms with E-state index in [-0.39, 0.29) is 24.3 Å². The molecule has 0 radical (unpaired) electrons. The van der Waals surface area contributed by atoms with Gasteiger partial charge in [0.1, 0.15) is 30.0 Å². The molecule has 1 saturated carbocycles. The predicted molar refractivity (Wildman–Crippen MR) is 124 cm³/mol. The number of rotatable bonds is 8. The molecule has 188 valence electrons. The summed E-state index contributed by atoms with van der Waals surface area (Å²) >= 11 is 0. The summed E-state index contributed by atoms with van der Waals surface area (Å²) in [6, 6.07) is 2.33. The van der Waals surface area contributed by atoms with E-state index in [0.29, 0.717) is 17.5 Å². The van der Waals surface area contributed by atoms with Crippen LogP contribution in [0.15, 0.2) is 18.2 Å². The summed E-state index contributed by atoms with van der Waals surface area (Å²) < 4.78 is 9.85. The first kappa shape index (κ1) is 26.9. The third-order valence-electron chi connectivity index (χ3n) is 5.48. The van der Waals surface area contributed by atoms with Gasteiger partial charge in [-0.15, -0.1) is 0 Å². The molecule has 34 heavy (non-hydrogen) atoms. The Hall–Kier alpha value is -3.30. The Bertz CT molecular complexity index is 941. The van der Waals surface area contributed by atoms with E-state index < -0.39 is 41.6 Å². The van der Waals surface area contributed by atoms with Crippen molar-refractivity contribution in [3.8, 4) is 5.75 Å². The molecule has 1 aliphatic carbocycles. The van der Waals surface area contributed by atoms with Gasteiger partial charge in [0.05, 0.1) is 7.11 Å². The smallest absolute Gasteiger partial charge is 0.408 e. The molecule has 3 amide bonds. The average molecular weight is 478 g/mol. The first-order chi connectivity index (χ1) is 15.7. The number of methoxy groups -OCH3 is 1. The van der Waals surface area contributed by atoms with Crippen molar-refractivity contribution >= 4 is 23.9 Å². The molecule has 1 aliphatic rings. The molecule has 10 heteroatoms. The number of esters is 1. The van der Waals surface area contributed by atoms with E-state index in [9.17, 15) is 24.3 Å². The number of alkyl carbamates (subject to hydrolysis) is 1. The fourth-order valence-electron chi connectivity index (χ4n) is 3.56. The molecular weight excluding hydrogens is 442 g/mol. The quantitative estimate of drug-likeness (QED) is 0.489. The summed E-state index contributed by atoms with van der Waals surface area (Å²) in [6.07, 6.45) is -0.0627. The summed E-state index contributed by atoms with van der Waals surface area (Å²) in [5.74, 6) is -1.48. The second-order valence-corrected chi connectivity index (χ2v) is 9.64. The van der Waals surface area contributed by atoms with Gasteiger partial charge in [-0.05, 0) is 70.2 Å². The molecule has 4 unspecified atom stereocenters. The number of aromatic hydroxyl groups is 1. The van der Waals surface area contributed by atoms with Crippen LogP contribution in [0.25, 0.3) is 0 Å². The van der Waals surface area contributed by atoms with Crippen LogP contribution in [-0.2, 0) is 23.9 Å². The zero-order valence-corrected chi connectivity index (χ0v) is 20.8. The zero-order chi connectivity index (χ0) is 25.8. The fourth-order valence-corrected chi connectivity index (χ4v) is 3.56. The number of benzene rings is 1. The second kappa shape index (κ2) is 10.8. The number of aryl methyl sites for hydroxylation is 1. The Morgan fingerprint density at radius 3 is 2.35 bits per heavy atom. The SMILES string of the molecule is COC(=O)CNC(=O)C(c1ccc(O)c(C)c1)N(C(=O)C(C)NC(=O)OC(C)(C)C)C1CC1C. The number of ether oxygens (including phenoxy) is 2. The molecular formula is C24H35N3O7. The van der Waals surface area contributed by atoms with Crippen LogP contribution in [0.3, 0.4) is 0 Å². The third kappa shape index (κ3) is 7.10. The minimum absolute atomic E-state index is 0.0510. The Balaban J connectivity index is 2.39. The van der Waals surface area contributed by atoms with E-state index in [1.165, 1.54) is 25.0 Å². The number of phenolic OH excluding ortho intramolecular Hbond substituents is 1. The number of nitrogens with one attached hydrogen (secondary N) is 2. The van der Waals surface area contributed by atoms with Gasteiger partial charge in [-0.3, -0.25) is 14.4 Å². The van der Waals surface area contributed by atoms with Crippen molar-refractivity contribution in [1.82, 2.24) is 15.5 Å². The first-order valence-electron chi connectivity index (χ1n) is 11.2. The maximum absolute atomic E-state index is 13.6. The Morgan fingerprint density at radius 2 is 1.85 bits per heavy atom. The Morgan fingerprint density at radius 1 is 1.24 bits per heavy atom. The van der Waals surface area contributed by atoms with Gasteiger partial charge in [0.25, 0.3) is 0 Å². The molecule has 0 aliphatic heterocycles. The van der Waals surface area contributed by atoms with Crippen LogP contribution in [0.2, 0.25) is 0 Å². The van der Waals surface area contributed by atoms with E-state index in [4.69, 9.17) is 4.74 Å². The molecule has 1 aromatic rings. The van der Waals surface area contributed by atoms with Crippen molar-refractivity contribution in [2.24, 2.45) is 5.92 Å². The lowest BCUT2D eigenvalue weighted by molar-refractivity contribution is -0.145. The van der Waals surface area contributed by atoms with Gasteiger partial charge in [0.2, 0.25) is 11.8 Å². The van der Waals surface area contributed by atoms with Crippen LogP contribution in [0.5, 0.6) is 5.75 Å². The van der Waals surface area contributed by atoms with Gasteiger partial charge in [-0.2, -0.15) is 0 Å². The minimum atomic E-state index is -1.09. The predicted octanol–water partition coefficient (Wildman–Crippen LogP) is 2.18. The van der Waals surface area contributed by atoms with E-state index in [1.807, 2.05) is 6.92 Å². The Kier molecular flexibility index (Phi) is 8.52. The van der Waals surface area contributed by atoms with Crippen LogP contribution in [0.1, 0.15) is 58.2 Å². The highest BCUT2D eigenvalue weighted by molar-refractivity contribution is 5.93. The van der Waals surface area contributed by atoms with E-state index in [1.54, 1.807) is 39.8 Å². The first-order valence-corrected chi connectivity index (χ1v) is 11.2. The van der Waals surface area contributed by atoms with Crippen LogP contribution in [0, 0.1) is 12.8 Å². The Labute approximate surface area is 200 Å². The molecule has 1 fully saturated rings. The maximum Gasteiger partial charge on any atom is 0.408 e. The lowest BCUT2D eigenvalue weighted by Crippen LogP contribution is -2.53. The van der Waals surface area contributed by atoms with E-state index in [0.717, 1.165) is 0 Å². The van der Waals surface area contributed by atoms with Crippen molar-refractivity contribution in [2.75, 3.05) is 13.7 Å². The second-order valence-electron chi connectivity index (χ2n) is 9.64. The highest BCUT2D eigenvalue weighted by Crippen LogP contribution is 2.41. The molecule has 0 heterocycles. The van der Waals surface area contributed by atoms with Gasteiger partial charge < -0.3 is 30.1 Å². The van der Waals surface area contributed by atoms with Crippen molar-refractivity contribution < 1.29 is 33.8 Å². The lowest BCUT2D eigenvalue weighted by atomic mass is 10.00. The fraction of sp³-hybridized carbons (Fsp3) is 0.583. The number of hydrogen-bond acceptors (Lipinski definition) is 7. The zero-order valence-electron chi connectivity index (χ0n) is 20.8. The molecule has 0 spiro atoms. The number of amides is 3. The lowest BCUT2D eigenvalue weighted by Gasteiger charge is -2.34. The molecule has 0 bridgehead atoms. The molecule has 0 saturated heterocycles. The van der Waals surface area contributed by atoms with Gasteiger partial charge in [-0.1, -0.05) is 13.0 Å². The van der Waals surface area contributed by atoms with E-state index >= 15 is 0 Å². The molecule has 10 nitrogen and oxygen atoms in total. The van der Waals surface area contributed by atoms with Crippen LogP contribution in [-0.4, -0.2) is 65.2 Å². The summed E-state index contributed by atoms with van der Waals surface area (Å²) in [5, 5.41) is 15.0. The number of phenols is 1. The average Bonchev–Trinajstić information content (AvgIpc) is 3.45. The molecule has 1 aromatic carbocycles. The molecule has 4 atom stereocenters. The van der Waals surface area contributed by atoms with Gasteiger partial charge in [-0.25, -0.2) is 4.79 Å². The molecule has 0 aromatic heterocycles. The van der Waals surface area contributed by atoms with Gasteiger partial charge in [0, 0.05) is 6.04 Å². The maximum atomic E-state index is 13.6. The summed E-state index contributed by atoms with van der Waals surface area (Å²) in [4.78, 5) is 52.2. The minimum Gasteiger partial charge on any atom is -0.508 e. The van der Waals surface area contributed by atoms with E-state index in [2.05, 4.69) is 15.4 Å². The van der Waals surface area contributed by atoms with Crippen molar-refractivity contribution in [1.29, 1.82) is 0 Å². The van der Waals surface area contributed by atoms with Crippen LogP contribution >= 0.6 is 0 Å². The van der Waals surface area contributed by atoms with Gasteiger partial charge in [0.15, 0.2) is 0 Å². The number of nitrogens with zero attached hydrogens (tertiary/aromatic N) is 1.